The molecule has 0 bridgehead atoms. The standard InChI is InChI=1S/C21H25FN2O5/c1-4-27-19-11-15(9-10-18(19)28-12-14(2)3)21(26)24-23-20(25)13-29-17-8-6-5-7-16(17)22/h5-11,14H,4,12-13H2,1-3H3,(H,23,25)(H,24,26). The van der Waals surface area contributed by atoms with Gasteiger partial charge >= 0.3 is 0 Å². The maximum Gasteiger partial charge on any atom is 0.276 e. The summed E-state index contributed by atoms with van der Waals surface area (Å²) in [6, 6.07) is 10.5. The number of halogens is 1. The molecule has 0 spiro atoms. The zero-order chi connectivity index (χ0) is 21.2. The van der Waals surface area contributed by atoms with Crippen LogP contribution in [0, 0.1) is 11.7 Å². The van der Waals surface area contributed by atoms with Crippen LogP contribution >= 0.6 is 0 Å². The molecule has 8 heteroatoms. The molecular weight excluding hydrogens is 379 g/mol. The average Bonchev–Trinajstić information content (AvgIpc) is 2.70. The Morgan fingerprint density at radius 3 is 2.41 bits per heavy atom. The van der Waals surface area contributed by atoms with Gasteiger partial charge < -0.3 is 14.2 Å². The molecule has 2 N–H and O–H groups in total. The van der Waals surface area contributed by atoms with Crippen molar-refractivity contribution >= 4 is 11.8 Å². The maximum absolute atomic E-state index is 13.5. The van der Waals surface area contributed by atoms with Crippen LogP contribution in [0.25, 0.3) is 0 Å². The van der Waals surface area contributed by atoms with Gasteiger partial charge in [0, 0.05) is 5.56 Å². The number of amides is 2. The molecule has 2 rings (SSSR count). The van der Waals surface area contributed by atoms with Crippen molar-refractivity contribution in [1.82, 2.24) is 10.9 Å². The number of nitrogens with one attached hydrogen (secondary N) is 2. The Kier molecular flexibility index (Phi) is 8.27. The minimum Gasteiger partial charge on any atom is -0.490 e. The van der Waals surface area contributed by atoms with Gasteiger partial charge in [-0.05, 0) is 43.2 Å². The molecule has 29 heavy (non-hydrogen) atoms. The molecule has 0 aromatic heterocycles. The van der Waals surface area contributed by atoms with Gasteiger partial charge in [-0.2, -0.15) is 0 Å². The third kappa shape index (κ3) is 6.99. The molecule has 156 valence electrons. The fourth-order valence-electron chi connectivity index (χ4n) is 2.23. The Hall–Kier alpha value is -3.29. The summed E-state index contributed by atoms with van der Waals surface area (Å²) in [4.78, 5) is 24.1. The summed E-state index contributed by atoms with van der Waals surface area (Å²) in [6.07, 6.45) is 0. The van der Waals surface area contributed by atoms with Crippen LogP contribution in [-0.4, -0.2) is 31.6 Å². The number of carbonyl (C=O) groups excluding carboxylic acids is 2. The molecule has 0 aliphatic carbocycles. The van der Waals surface area contributed by atoms with E-state index in [4.69, 9.17) is 14.2 Å². The number of hydrogen-bond acceptors (Lipinski definition) is 5. The van der Waals surface area contributed by atoms with Gasteiger partial charge in [0.05, 0.1) is 13.2 Å². The van der Waals surface area contributed by atoms with Gasteiger partial charge in [0.15, 0.2) is 29.7 Å². The lowest BCUT2D eigenvalue weighted by atomic mass is 10.2. The summed E-state index contributed by atoms with van der Waals surface area (Å²) < 4.78 is 29.8. The molecule has 0 aliphatic rings. The molecule has 2 amide bonds. The first-order valence-corrected chi connectivity index (χ1v) is 9.26. The van der Waals surface area contributed by atoms with Crippen molar-refractivity contribution in [3.05, 3.63) is 53.8 Å². The van der Waals surface area contributed by atoms with E-state index in [-0.39, 0.29) is 11.3 Å². The van der Waals surface area contributed by atoms with Gasteiger partial charge in [-0.25, -0.2) is 4.39 Å². The summed E-state index contributed by atoms with van der Waals surface area (Å²) >= 11 is 0. The van der Waals surface area contributed by atoms with E-state index in [0.717, 1.165) is 0 Å². The van der Waals surface area contributed by atoms with Gasteiger partial charge in [-0.3, -0.25) is 20.4 Å². The van der Waals surface area contributed by atoms with Gasteiger partial charge in [0.2, 0.25) is 0 Å². The first kappa shape index (κ1) is 22.0. The molecule has 0 saturated heterocycles. The van der Waals surface area contributed by atoms with Crippen molar-refractivity contribution in [2.45, 2.75) is 20.8 Å². The van der Waals surface area contributed by atoms with E-state index in [1.54, 1.807) is 18.2 Å². The van der Waals surface area contributed by atoms with Crippen LogP contribution in [0.15, 0.2) is 42.5 Å². The Balaban J connectivity index is 1.91. The molecule has 0 saturated carbocycles. The van der Waals surface area contributed by atoms with E-state index >= 15 is 0 Å². The van der Waals surface area contributed by atoms with E-state index in [1.165, 1.54) is 24.3 Å². The number of benzene rings is 2. The van der Waals surface area contributed by atoms with Crippen LogP contribution in [0.4, 0.5) is 4.39 Å². The monoisotopic (exact) mass is 404 g/mol. The van der Waals surface area contributed by atoms with Crippen LogP contribution in [0.5, 0.6) is 17.2 Å². The second-order valence-electron chi connectivity index (χ2n) is 6.52. The fraction of sp³-hybridized carbons (Fsp3) is 0.333. The highest BCUT2D eigenvalue weighted by molar-refractivity contribution is 5.96. The van der Waals surface area contributed by atoms with Gasteiger partial charge in [0.25, 0.3) is 11.8 Å². The average molecular weight is 404 g/mol. The Labute approximate surface area is 169 Å². The number of hydrazine groups is 1. The van der Waals surface area contributed by atoms with E-state index < -0.39 is 24.2 Å². The molecule has 2 aromatic rings. The van der Waals surface area contributed by atoms with Crippen LogP contribution in [-0.2, 0) is 4.79 Å². The SMILES string of the molecule is CCOc1cc(C(=O)NNC(=O)COc2ccccc2F)ccc1OCC(C)C. The molecule has 0 radical (unpaired) electrons. The Bertz CT molecular complexity index is 842. The lowest BCUT2D eigenvalue weighted by Crippen LogP contribution is -2.43. The predicted octanol–water partition coefficient (Wildman–Crippen LogP) is 3.10. The number of ether oxygens (including phenoxy) is 3. The molecule has 0 unspecified atom stereocenters. The number of para-hydroxylation sites is 1. The van der Waals surface area contributed by atoms with Crippen LogP contribution in [0.3, 0.4) is 0 Å². The topological polar surface area (TPSA) is 85.9 Å². The first-order chi connectivity index (χ1) is 13.9. The molecule has 2 aromatic carbocycles. The van der Waals surface area contributed by atoms with E-state index in [9.17, 15) is 14.0 Å². The van der Waals surface area contributed by atoms with Crippen molar-refractivity contribution in [3.63, 3.8) is 0 Å². The van der Waals surface area contributed by atoms with E-state index in [2.05, 4.69) is 10.9 Å². The smallest absolute Gasteiger partial charge is 0.276 e. The highest BCUT2D eigenvalue weighted by atomic mass is 19.1. The maximum atomic E-state index is 13.5. The minimum atomic E-state index is -0.636. The molecular formula is C21H25FN2O5. The number of carbonyl (C=O) groups is 2. The fourth-order valence-corrected chi connectivity index (χ4v) is 2.23. The third-order valence-corrected chi connectivity index (χ3v) is 3.59. The van der Waals surface area contributed by atoms with Crippen molar-refractivity contribution in [3.8, 4) is 17.2 Å². The van der Waals surface area contributed by atoms with Crippen molar-refractivity contribution in [2.75, 3.05) is 19.8 Å². The summed E-state index contributed by atoms with van der Waals surface area (Å²) in [5, 5.41) is 0. The van der Waals surface area contributed by atoms with Gasteiger partial charge in [0.1, 0.15) is 0 Å². The molecule has 0 atom stereocenters. The summed E-state index contributed by atoms with van der Waals surface area (Å²) in [5.41, 5.74) is 4.78. The number of rotatable bonds is 9. The highest BCUT2D eigenvalue weighted by Crippen LogP contribution is 2.29. The van der Waals surface area contributed by atoms with Crippen LogP contribution in [0.2, 0.25) is 0 Å². The van der Waals surface area contributed by atoms with Crippen molar-refractivity contribution in [1.29, 1.82) is 0 Å². The summed E-state index contributed by atoms with van der Waals surface area (Å²) in [6.45, 7) is 6.36. The quantitative estimate of drug-likeness (QED) is 0.628. The minimum absolute atomic E-state index is 0.0488. The molecule has 0 heterocycles. The second-order valence-corrected chi connectivity index (χ2v) is 6.52. The molecule has 0 aliphatic heterocycles. The summed E-state index contributed by atoms with van der Waals surface area (Å²) in [5.74, 6) is -0.479. The molecule has 7 nitrogen and oxygen atoms in total. The molecule has 0 fully saturated rings. The highest BCUT2D eigenvalue weighted by Gasteiger charge is 2.13. The van der Waals surface area contributed by atoms with Crippen molar-refractivity contribution < 1.29 is 28.2 Å². The van der Waals surface area contributed by atoms with Crippen LogP contribution < -0.4 is 25.1 Å². The predicted molar refractivity (Wildman–Crippen MR) is 105 cm³/mol. The zero-order valence-electron chi connectivity index (χ0n) is 16.7. The lowest BCUT2D eigenvalue weighted by molar-refractivity contribution is -0.123. The van der Waals surface area contributed by atoms with Gasteiger partial charge in [-0.1, -0.05) is 26.0 Å². The Morgan fingerprint density at radius 2 is 1.72 bits per heavy atom. The third-order valence-electron chi connectivity index (χ3n) is 3.59. The number of hydrogen-bond donors (Lipinski definition) is 2. The second kappa shape index (κ2) is 10.9. The van der Waals surface area contributed by atoms with E-state index in [1.807, 2.05) is 20.8 Å². The first-order valence-electron chi connectivity index (χ1n) is 9.26. The van der Waals surface area contributed by atoms with Crippen LogP contribution in [0.1, 0.15) is 31.1 Å². The Morgan fingerprint density at radius 1 is 0.966 bits per heavy atom. The zero-order valence-corrected chi connectivity index (χ0v) is 16.7. The van der Waals surface area contributed by atoms with Gasteiger partial charge in [-0.15, -0.1) is 0 Å². The van der Waals surface area contributed by atoms with Crippen molar-refractivity contribution in [2.24, 2.45) is 5.92 Å². The van der Waals surface area contributed by atoms with E-state index in [0.29, 0.717) is 30.6 Å². The lowest BCUT2D eigenvalue weighted by Gasteiger charge is -2.15. The largest absolute Gasteiger partial charge is 0.490 e. The normalized spacial score (nSPS) is 10.4. The summed E-state index contributed by atoms with van der Waals surface area (Å²) in [7, 11) is 0.